The van der Waals surface area contributed by atoms with Crippen LogP contribution in [0.4, 0.5) is 4.39 Å². The van der Waals surface area contributed by atoms with Gasteiger partial charge in [0.25, 0.3) is 0 Å². The Balaban J connectivity index is 2.53. The molecule has 0 aliphatic rings. The van der Waals surface area contributed by atoms with E-state index in [9.17, 15) is 4.39 Å². The molecule has 6 heteroatoms. The molecule has 0 unspecified atom stereocenters. The van der Waals surface area contributed by atoms with Gasteiger partial charge in [-0.3, -0.25) is 0 Å². The Kier molecular flexibility index (Phi) is 5.18. The second-order valence-electron chi connectivity index (χ2n) is 3.81. The Morgan fingerprint density at radius 3 is 2.88 bits per heavy atom. The van der Waals surface area contributed by atoms with Crippen LogP contribution in [0.15, 0.2) is 23.4 Å². The molecule has 94 valence electrons. The van der Waals surface area contributed by atoms with Gasteiger partial charge in [-0.2, -0.15) is 0 Å². The first-order valence-electron chi connectivity index (χ1n) is 5.12. The molecular weight excluding hydrogens is 245 g/mol. The largest absolute Gasteiger partial charge is 0.409 e. The maximum atomic E-state index is 13.5. The highest BCUT2D eigenvalue weighted by Crippen LogP contribution is 2.15. The van der Waals surface area contributed by atoms with Gasteiger partial charge in [-0.15, -0.1) is 0 Å². The topological polar surface area (TPSA) is 61.8 Å². The number of nitrogens with two attached hydrogens (primary N) is 1. The normalized spacial score (nSPS) is 12.1. The van der Waals surface area contributed by atoms with E-state index in [1.807, 2.05) is 11.9 Å². The Hall–Kier alpha value is -1.33. The van der Waals surface area contributed by atoms with Crippen LogP contribution in [0.25, 0.3) is 0 Å². The number of benzene rings is 1. The number of nitrogens with zero attached hydrogens (tertiary/aromatic N) is 2. The Morgan fingerprint density at radius 1 is 1.59 bits per heavy atom. The van der Waals surface area contributed by atoms with E-state index in [0.29, 0.717) is 30.1 Å². The molecular formula is C11H15ClFN3O. The monoisotopic (exact) mass is 259 g/mol. The number of oxime groups is 1. The minimum Gasteiger partial charge on any atom is -0.409 e. The fraction of sp³-hybridized carbons (Fsp3) is 0.364. The van der Waals surface area contributed by atoms with Crippen molar-refractivity contribution in [2.45, 2.75) is 13.0 Å². The number of amidine groups is 1. The molecule has 0 radical (unpaired) electrons. The molecule has 1 rings (SSSR count). The van der Waals surface area contributed by atoms with E-state index in [1.54, 1.807) is 12.1 Å². The maximum Gasteiger partial charge on any atom is 0.140 e. The zero-order valence-electron chi connectivity index (χ0n) is 9.53. The summed E-state index contributed by atoms with van der Waals surface area (Å²) < 4.78 is 13.5. The molecule has 0 atom stereocenters. The van der Waals surface area contributed by atoms with Crippen molar-refractivity contribution in [3.63, 3.8) is 0 Å². The lowest BCUT2D eigenvalue weighted by molar-refractivity contribution is 0.308. The molecule has 0 fully saturated rings. The molecule has 0 aliphatic heterocycles. The van der Waals surface area contributed by atoms with E-state index < -0.39 is 0 Å². The van der Waals surface area contributed by atoms with E-state index in [-0.39, 0.29) is 11.7 Å². The van der Waals surface area contributed by atoms with Crippen molar-refractivity contribution in [3.05, 3.63) is 34.6 Å². The minimum absolute atomic E-state index is 0.161. The van der Waals surface area contributed by atoms with Gasteiger partial charge < -0.3 is 15.8 Å². The first kappa shape index (κ1) is 13.7. The number of hydrogen-bond acceptors (Lipinski definition) is 3. The first-order chi connectivity index (χ1) is 8.02. The van der Waals surface area contributed by atoms with Crippen LogP contribution in [0.3, 0.4) is 0 Å². The van der Waals surface area contributed by atoms with Gasteiger partial charge in [0.2, 0.25) is 0 Å². The zero-order valence-corrected chi connectivity index (χ0v) is 10.3. The van der Waals surface area contributed by atoms with Crippen molar-refractivity contribution in [1.29, 1.82) is 0 Å². The molecule has 0 bridgehead atoms. The van der Waals surface area contributed by atoms with Gasteiger partial charge in [-0.25, -0.2) is 4.39 Å². The average molecular weight is 260 g/mol. The summed E-state index contributed by atoms with van der Waals surface area (Å²) in [6.45, 7) is 1.03. The van der Waals surface area contributed by atoms with E-state index in [1.165, 1.54) is 6.07 Å². The molecule has 1 aromatic rings. The number of rotatable bonds is 5. The van der Waals surface area contributed by atoms with Crippen LogP contribution in [-0.2, 0) is 6.54 Å². The van der Waals surface area contributed by atoms with Crippen LogP contribution in [0.2, 0.25) is 5.02 Å². The molecule has 0 spiro atoms. The third-order valence-corrected chi connectivity index (χ3v) is 2.57. The van der Waals surface area contributed by atoms with Crippen molar-refractivity contribution in [3.8, 4) is 0 Å². The maximum absolute atomic E-state index is 13.5. The average Bonchev–Trinajstić information content (AvgIpc) is 2.29. The highest BCUT2D eigenvalue weighted by Gasteiger charge is 2.07. The Bertz CT molecular complexity index is 412. The Morgan fingerprint density at radius 2 is 2.29 bits per heavy atom. The predicted octanol–water partition coefficient (Wildman–Crippen LogP) is 2.05. The van der Waals surface area contributed by atoms with Crippen molar-refractivity contribution in [2.24, 2.45) is 10.9 Å². The van der Waals surface area contributed by atoms with Crippen LogP contribution >= 0.6 is 11.6 Å². The van der Waals surface area contributed by atoms with Crippen molar-refractivity contribution < 1.29 is 9.60 Å². The van der Waals surface area contributed by atoms with E-state index in [4.69, 9.17) is 22.5 Å². The summed E-state index contributed by atoms with van der Waals surface area (Å²) in [5, 5.41) is 11.6. The van der Waals surface area contributed by atoms with Gasteiger partial charge in [0.15, 0.2) is 0 Å². The van der Waals surface area contributed by atoms with Crippen LogP contribution < -0.4 is 5.73 Å². The highest BCUT2D eigenvalue weighted by molar-refractivity contribution is 6.30. The quantitative estimate of drug-likeness (QED) is 0.368. The lowest BCUT2D eigenvalue weighted by atomic mass is 10.2. The highest BCUT2D eigenvalue weighted by atomic mass is 35.5. The first-order valence-corrected chi connectivity index (χ1v) is 5.49. The van der Waals surface area contributed by atoms with Crippen molar-refractivity contribution >= 4 is 17.4 Å². The molecule has 0 amide bonds. The van der Waals surface area contributed by atoms with Gasteiger partial charge in [-0.1, -0.05) is 22.8 Å². The summed E-state index contributed by atoms with van der Waals surface area (Å²) in [6.07, 6.45) is 0.433. The third kappa shape index (κ3) is 4.58. The second kappa shape index (κ2) is 6.42. The minimum atomic E-state index is -0.326. The predicted molar refractivity (Wildman–Crippen MR) is 65.8 cm³/mol. The van der Waals surface area contributed by atoms with Crippen molar-refractivity contribution in [1.82, 2.24) is 4.90 Å². The summed E-state index contributed by atoms with van der Waals surface area (Å²) in [5.41, 5.74) is 5.91. The summed E-state index contributed by atoms with van der Waals surface area (Å²) >= 11 is 5.66. The molecule has 0 heterocycles. The van der Waals surface area contributed by atoms with Crippen molar-refractivity contribution in [2.75, 3.05) is 13.6 Å². The smallest absolute Gasteiger partial charge is 0.140 e. The number of halogens is 2. The van der Waals surface area contributed by atoms with E-state index >= 15 is 0 Å². The lowest BCUT2D eigenvalue weighted by Gasteiger charge is -2.16. The summed E-state index contributed by atoms with van der Waals surface area (Å²) in [4.78, 5) is 1.88. The molecule has 3 N–H and O–H groups in total. The summed E-state index contributed by atoms with van der Waals surface area (Å²) in [5.74, 6) is -0.165. The lowest BCUT2D eigenvalue weighted by Crippen LogP contribution is -2.24. The Labute approximate surface area is 104 Å². The molecule has 0 aliphatic carbocycles. The van der Waals surface area contributed by atoms with Gasteiger partial charge in [0.05, 0.1) is 0 Å². The van der Waals surface area contributed by atoms with Gasteiger partial charge >= 0.3 is 0 Å². The standard InChI is InChI=1S/C11H15ClFN3O/c1-16(5-4-11(14)15-17)7-8-2-3-9(12)6-10(8)13/h2-3,6,17H,4-5,7H2,1H3,(H2,14,15). The van der Waals surface area contributed by atoms with Crippen LogP contribution in [0, 0.1) is 5.82 Å². The molecule has 1 aromatic carbocycles. The van der Waals surface area contributed by atoms with Crippen LogP contribution in [0.5, 0.6) is 0 Å². The fourth-order valence-corrected chi connectivity index (χ4v) is 1.53. The molecule has 0 aromatic heterocycles. The molecule has 0 saturated carbocycles. The molecule has 4 nitrogen and oxygen atoms in total. The second-order valence-corrected chi connectivity index (χ2v) is 4.25. The molecule has 17 heavy (non-hydrogen) atoms. The van der Waals surface area contributed by atoms with E-state index in [0.717, 1.165) is 0 Å². The van der Waals surface area contributed by atoms with Crippen LogP contribution in [-0.4, -0.2) is 29.5 Å². The third-order valence-electron chi connectivity index (χ3n) is 2.33. The summed E-state index contributed by atoms with van der Waals surface area (Å²) in [7, 11) is 1.83. The SMILES string of the molecule is CN(CC/C(N)=N/O)Cc1ccc(Cl)cc1F. The van der Waals surface area contributed by atoms with Crippen LogP contribution in [0.1, 0.15) is 12.0 Å². The van der Waals surface area contributed by atoms with Gasteiger partial charge in [0, 0.05) is 30.1 Å². The molecule has 0 saturated heterocycles. The van der Waals surface area contributed by atoms with E-state index in [2.05, 4.69) is 5.16 Å². The fourth-order valence-electron chi connectivity index (χ4n) is 1.38. The van der Waals surface area contributed by atoms with Gasteiger partial charge in [0.1, 0.15) is 11.7 Å². The number of hydrogen-bond donors (Lipinski definition) is 2. The zero-order chi connectivity index (χ0) is 12.8. The van der Waals surface area contributed by atoms with Gasteiger partial charge in [-0.05, 0) is 19.2 Å². The summed E-state index contributed by atoms with van der Waals surface area (Å²) in [6, 6.07) is 4.59.